The van der Waals surface area contributed by atoms with Gasteiger partial charge in [-0.3, -0.25) is 14.2 Å². The Morgan fingerprint density at radius 1 is 1.18 bits per heavy atom. The number of rotatable bonds is 8. The number of nitrogens with one attached hydrogen (secondary N) is 1. The SMILES string of the molecule is COc1cccc(-c2nnc(SCC(=O)c3ccc4c(c3)C(C)C(=O)N4)n2Cc2ccco2)c1. The number of fused-ring (bicyclic) bond motifs is 1. The number of ether oxygens (including phenoxy) is 1. The number of carbonyl (C=O) groups excluding carboxylic acids is 2. The van der Waals surface area contributed by atoms with E-state index in [0.29, 0.717) is 28.8 Å². The number of hydrogen-bond donors (Lipinski definition) is 1. The number of methoxy groups -OCH3 is 1. The number of thioether (sulfide) groups is 1. The zero-order chi connectivity index (χ0) is 23.7. The van der Waals surface area contributed by atoms with Gasteiger partial charge < -0.3 is 14.5 Å². The maximum Gasteiger partial charge on any atom is 0.231 e. The van der Waals surface area contributed by atoms with Crippen LogP contribution in [0.5, 0.6) is 5.75 Å². The lowest BCUT2D eigenvalue weighted by Crippen LogP contribution is -2.08. The minimum absolute atomic E-state index is 0.0465. The van der Waals surface area contributed by atoms with Crippen molar-refractivity contribution in [2.45, 2.75) is 24.5 Å². The number of hydrogen-bond acceptors (Lipinski definition) is 7. The topological polar surface area (TPSA) is 99.3 Å². The van der Waals surface area contributed by atoms with Crippen LogP contribution in [0.25, 0.3) is 11.4 Å². The summed E-state index contributed by atoms with van der Waals surface area (Å²) in [5.41, 5.74) is 3.03. The molecule has 1 N–H and O–H groups in total. The van der Waals surface area contributed by atoms with Crippen LogP contribution in [0, 0.1) is 0 Å². The van der Waals surface area contributed by atoms with E-state index < -0.39 is 0 Å². The Morgan fingerprint density at radius 2 is 2.06 bits per heavy atom. The second kappa shape index (κ2) is 9.18. The van der Waals surface area contributed by atoms with Crippen molar-refractivity contribution in [1.82, 2.24) is 14.8 Å². The molecule has 0 bridgehead atoms. The lowest BCUT2D eigenvalue weighted by atomic mass is 9.99. The third-order valence-electron chi connectivity index (χ3n) is 5.76. The molecule has 5 rings (SSSR count). The summed E-state index contributed by atoms with van der Waals surface area (Å²) in [6, 6.07) is 16.6. The molecule has 0 spiro atoms. The molecule has 0 aliphatic carbocycles. The zero-order valence-electron chi connectivity index (χ0n) is 18.6. The molecule has 3 heterocycles. The van der Waals surface area contributed by atoms with Gasteiger partial charge in [-0.1, -0.05) is 23.9 Å². The smallest absolute Gasteiger partial charge is 0.231 e. The summed E-state index contributed by atoms with van der Waals surface area (Å²) in [6.07, 6.45) is 1.62. The second-order valence-corrected chi connectivity index (χ2v) is 8.87. The van der Waals surface area contributed by atoms with Gasteiger partial charge in [-0.15, -0.1) is 10.2 Å². The molecule has 0 saturated heterocycles. The molecule has 172 valence electrons. The molecule has 1 aliphatic heterocycles. The van der Waals surface area contributed by atoms with E-state index in [2.05, 4.69) is 15.5 Å². The van der Waals surface area contributed by atoms with E-state index in [4.69, 9.17) is 9.15 Å². The minimum atomic E-state index is -0.266. The highest BCUT2D eigenvalue weighted by Crippen LogP contribution is 2.33. The highest BCUT2D eigenvalue weighted by Gasteiger charge is 2.27. The van der Waals surface area contributed by atoms with E-state index in [-0.39, 0.29) is 23.4 Å². The monoisotopic (exact) mass is 474 g/mol. The highest BCUT2D eigenvalue weighted by atomic mass is 32.2. The Kier molecular flexibility index (Phi) is 5.93. The number of benzene rings is 2. The average molecular weight is 475 g/mol. The van der Waals surface area contributed by atoms with Gasteiger partial charge in [0.05, 0.1) is 31.6 Å². The third-order valence-corrected chi connectivity index (χ3v) is 6.73. The Bertz CT molecular complexity index is 1360. The van der Waals surface area contributed by atoms with Crippen LogP contribution in [0.15, 0.2) is 70.4 Å². The molecule has 4 aromatic rings. The number of aromatic nitrogens is 3. The van der Waals surface area contributed by atoms with Crippen molar-refractivity contribution in [1.29, 1.82) is 0 Å². The van der Waals surface area contributed by atoms with Crippen LogP contribution in [0.4, 0.5) is 5.69 Å². The normalized spacial score (nSPS) is 14.6. The van der Waals surface area contributed by atoms with Gasteiger partial charge in [0.2, 0.25) is 5.91 Å². The number of furan rings is 1. The summed E-state index contributed by atoms with van der Waals surface area (Å²) in [5, 5.41) is 12.2. The fourth-order valence-corrected chi connectivity index (χ4v) is 4.71. The number of nitrogens with zero attached hydrogens (tertiary/aromatic N) is 3. The number of Topliss-reactive ketones (excluding diaryl/α,β-unsaturated/α-hetero) is 1. The van der Waals surface area contributed by atoms with Gasteiger partial charge in [-0.2, -0.15) is 0 Å². The van der Waals surface area contributed by atoms with Gasteiger partial charge in [0.15, 0.2) is 16.8 Å². The summed E-state index contributed by atoms with van der Waals surface area (Å²) in [4.78, 5) is 24.9. The maximum absolute atomic E-state index is 13.0. The van der Waals surface area contributed by atoms with Crippen molar-refractivity contribution in [3.05, 3.63) is 77.7 Å². The Morgan fingerprint density at radius 3 is 2.85 bits per heavy atom. The Balaban J connectivity index is 1.40. The van der Waals surface area contributed by atoms with Crippen LogP contribution in [-0.4, -0.2) is 39.3 Å². The first-order chi connectivity index (χ1) is 16.5. The van der Waals surface area contributed by atoms with E-state index in [1.807, 2.05) is 47.9 Å². The van der Waals surface area contributed by atoms with E-state index in [1.165, 1.54) is 11.8 Å². The van der Waals surface area contributed by atoms with Crippen LogP contribution < -0.4 is 10.1 Å². The third kappa shape index (κ3) is 4.22. The summed E-state index contributed by atoms with van der Waals surface area (Å²) in [5.74, 6) is 1.94. The van der Waals surface area contributed by atoms with Gasteiger partial charge in [-0.05, 0) is 55.0 Å². The van der Waals surface area contributed by atoms with E-state index >= 15 is 0 Å². The maximum atomic E-state index is 13.0. The second-order valence-electron chi connectivity index (χ2n) is 7.93. The molecular weight excluding hydrogens is 452 g/mol. The van der Waals surface area contributed by atoms with Gasteiger partial charge in [0.1, 0.15) is 11.5 Å². The van der Waals surface area contributed by atoms with Crippen molar-refractivity contribution >= 4 is 29.1 Å². The Labute approximate surface area is 200 Å². The molecule has 8 nitrogen and oxygen atoms in total. The molecule has 2 aromatic carbocycles. The first-order valence-corrected chi connectivity index (χ1v) is 11.7. The number of anilines is 1. The lowest BCUT2D eigenvalue weighted by molar-refractivity contribution is -0.116. The van der Waals surface area contributed by atoms with Gasteiger partial charge in [0, 0.05) is 16.8 Å². The molecule has 1 aliphatic rings. The zero-order valence-corrected chi connectivity index (χ0v) is 19.5. The summed E-state index contributed by atoms with van der Waals surface area (Å²) < 4.78 is 12.8. The largest absolute Gasteiger partial charge is 0.497 e. The van der Waals surface area contributed by atoms with Crippen LogP contribution in [0.2, 0.25) is 0 Å². The quantitative estimate of drug-likeness (QED) is 0.294. The molecule has 9 heteroatoms. The van der Waals surface area contributed by atoms with Crippen molar-refractivity contribution in [2.24, 2.45) is 0 Å². The molecule has 2 aromatic heterocycles. The molecule has 0 saturated carbocycles. The molecule has 1 amide bonds. The van der Waals surface area contributed by atoms with Crippen molar-refractivity contribution in [3.8, 4) is 17.1 Å². The Hall–Kier alpha value is -3.85. The number of ketones is 1. The van der Waals surface area contributed by atoms with Crippen molar-refractivity contribution in [2.75, 3.05) is 18.2 Å². The van der Waals surface area contributed by atoms with Crippen LogP contribution in [0.1, 0.15) is 34.5 Å². The summed E-state index contributed by atoms with van der Waals surface area (Å²) in [6.45, 7) is 2.26. The lowest BCUT2D eigenvalue weighted by Gasteiger charge is -2.10. The minimum Gasteiger partial charge on any atom is -0.497 e. The van der Waals surface area contributed by atoms with Crippen molar-refractivity contribution < 1.29 is 18.7 Å². The standard InChI is InChI=1S/C25H22N4O4S/c1-15-20-12-16(8-9-21(20)26-24(15)31)22(30)14-34-25-28-27-23(17-5-3-6-18(11-17)32-2)29(25)13-19-7-4-10-33-19/h3-12,15H,13-14H2,1-2H3,(H,26,31). The van der Waals surface area contributed by atoms with Gasteiger partial charge >= 0.3 is 0 Å². The summed E-state index contributed by atoms with van der Waals surface area (Å²) in [7, 11) is 1.62. The first kappa shape index (κ1) is 22.0. The van der Waals surface area contributed by atoms with Gasteiger partial charge in [-0.25, -0.2) is 0 Å². The molecule has 0 radical (unpaired) electrons. The fraction of sp³-hybridized carbons (Fsp3) is 0.200. The van der Waals surface area contributed by atoms with Crippen LogP contribution in [-0.2, 0) is 11.3 Å². The van der Waals surface area contributed by atoms with Crippen LogP contribution >= 0.6 is 11.8 Å². The first-order valence-electron chi connectivity index (χ1n) is 10.7. The fourth-order valence-electron chi connectivity index (χ4n) is 3.88. The van der Waals surface area contributed by atoms with E-state index in [1.54, 1.807) is 31.6 Å². The summed E-state index contributed by atoms with van der Waals surface area (Å²) >= 11 is 1.32. The van der Waals surface area contributed by atoms with Crippen LogP contribution in [0.3, 0.4) is 0 Å². The highest BCUT2D eigenvalue weighted by molar-refractivity contribution is 7.99. The van der Waals surface area contributed by atoms with E-state index in [0.717, 1.165) is 22.6 Å². The molecule has 1 atom stereocenters. The number of amides is 1. The molecule has 1 unspecified atom stereocenters. The van der Waals surface area contributed by atoms with Crippen molar-refractivity contribution in [3.63, 3.8) is 0 Å². The van der Waals surface area contributed by atoms with Gasteiger partial charge in [0.25, 0.3) is 0 Å². The molecular formula is C25H22N4O4S. The predicted octanol–water partition coefficient (Wildman–Crippen LogP) is 4.63. The predicted molar refractivity (Wildman–Crippen MR) is 128 cm³/mol. The van der Waals surface area contributed by atoms with E-state index in [9.17, 15) is 9.59 Å². The average Bonchev–Trinajstić information content (AvgIpc) is 3.58. The molecule has 34 heavy (non-hydrogen) atoms. The molecule has 0 fully saturated rings. The number of carbonyl (C=O) groups is 2.